The highest BCUT2D eigenvalue weighted by Crippen LogP contribution is 2.47. The number of fused-ring (bicyclic) bond motifs is 5. The number of benzene rings is 3. The summed E-state index contributed by atoms with van der Waals surface area (Å²) in [6.45, 7) is 2.40. The van der Waals surface area contributed by atoms with Crippen LogP contribution in [0.15, 0.2) is 77.7 Å². The van der Waals surface area contributed by atoms with Crippen LogP contribution in [0.25, 0.3) is 0 Å². The minimum atomic E-state index is -3.61. The third-order valence-corrected chi connectivity index (χ3v) is 7.26. The molecule has 1 unspecified atom stereocenters. The Balaban J connectivity index is 1.65. The van der Waals surface area contributed by atoms with Crippen molar-refractivity contribution in [2.75, 3.05) is 15.7 Å². The molecule has 0 bridgehead atoms. The number of aryl methyl sites for hydroxylation is 1. The van der Waals surface area contributed by atoms with Crippen LogP contribution in [0.5, 0.6) is 0 Å². The topological polar surface area (TPSA) is 40.6 Å². The van der Waals surface area contributed by atoms with E-state index in [0.717, 1.165) is 23.4 Å². The molecule has 0 saturated heterocycles. The van der Waals surface area contributed by atoms with Crippen LogP contribution in [0.1, 0.15) is 11.1 Å². The Morgan fingerprint density at radius 3 is 2.19 bits per heavy atom. The van der Waals surface area contributed by atoms with Gasteiger partial charge in [0.15, 0.2) is 0 Å². The zero-order chi connectivity index (χ0) is 18.6. The number of hydrogen-bond donors (Lipinski definition) is 0. The number of nitrogens with zero attached hydrogens (tertiary/aromatic N) is 2. The van der Waals surface area contributed by atoms with Crippen molar-refractivity contribution in [3.05, 3.63) is 83.9 Å². The van der Waals surface area contributed by atoms with Crippen LogP contribution in [-0.2, 0) is 16.4 Å². The molecule has 0 radical (unpaired) electrons. The molecule has 0 spiro atoms. The van der Waals surface area contributed by atoms with Crippen molar-refractivity contribution in [1.29, 1.82) is 0 Å². The summed E-state index contributed by atoms with van der Waals surface area (Å²) in [6.07, 6.45) is 0.852. The van der Waals surface area contributed by atoms with E-state index in [2.05, 4.69) is 17.0 Å². The lowest BCUT2D eigenvalue weighted by atomic mass is 10.1. The molecule has 3 aromatic rings. The maximum atomic E-state index is 13.4. The summed E-state index contributed by atoms with van der Waals surface area (Å²) in [5, 5.41) is 0. The fourth-order valence-electron chi connectivity index (χ4n) is 4.17. The van der Waals surface area contributed by atoms with E-state index < -0.39 is 10.0 Å². The van der Waals surface area contributed by atoms with Crippen LogP contribution in [0.3, 0.4) is 0 Å². The molecule has 4 nitrogen and oxygen atoms in total. The molecule has 0 fully saturated rings. The number of hydrogen-bond acceptors (Lipinski definition) is 3. The highest BCUT2D eigenvalue weighted by Gasteiger charge is 2.41. The maximum absolute atomic E-state index is 13.4. The Hall–Kier alpha value is -2.79. The van der Waals surface area contributed by atoms with Gasteiger partial charge < -0.3 is 4.90 Å². The molecule has 136 valence electrons. The van der Waals surface area contributed by atoms with Crippen molar-refractivity contribution in [1.82, 2.24) is 0 Å². The van der Waals surface area contributed by atoms with Crippen LogP contribution >= 0.6 is 0 Å². The number of para-hydroxylation sites is 3. The third-order valence-electron chi connectivity index (χ3n) is 5.47. The van der Waals surface area contributed by atoms with Crippen molar-refractivity contribution in [2.24, 2.45) is 0 Å². The van der Waals surface area contributed by atoms with Gasteiger partial charge in [-0.2, -0.15) is 0 Å². The fraction of sp³-hybridized carbons (Fsp3) is 0.182. The van der Waals surface area contributed by atoms with E-state index in [1.807, 2.05) is 55.5 Å². The van der Waals surface area contributed by atoms with E-state index in [4.69, 9.17) is 0 Å². The van der Waals surface area contributed by atoms with Crippen molar-refractivity contribution in [3.63, 3.8) is 0 Å². The first kappa shape index (κ1) is 16.4. The number of sulfonamides is 1. The van der Waals surface area contributed by atoms with Crippen molar-refractivity contribution in [2.45, 2.75) is 24.3 Å². The SMILES string of the molecule is Cc1ccc(S(=O)(=O)N2CC3Cc4ccccc4N3c3ccccc32)cc1. The summed E-state index contributed by atoms with van der Waals surface area (Å²) >= 11 is 0. The van der Waals surface area contributed by atoms with Crippen LogP contribution in [0.4, 0.5) is 17.1 Å². The molecule has 0 saturated carbocycles. The Labute approximate surface area is 159 Å². The summed E-state index contributed by atoms with van der Waals surface area (Å²) in [6, 6.07) is 23.3. The molecule has 5 heteroatoms. The van der Waals surface area contributed by atoms with Gasteiger partial charge in [-0.1, -0.05) is 48.0 Å². The molecule has 0 aliphatic carbocycles. The Kier molecular flexibility index (Phi) is 3.56. The summed E-state index contributed by atoms with van der Waals surface area (Å²) < 4.78 is 28.4. The van der Waals surface area contributed by atoms with E-state index in [1.54, 1.807) is 16.4 Å². The summed E-state index contributed by atoms with van der Waals surface area (Å²) in [5.74, 6) is 0. The first-order valence-electron chi connectivity index (χ1n) is 9.11. The predicted octanol–water partition coefficient (Wildman–Crippen LogP) is 4.27. The second-order valence-electron chi connectivity index (χ2n) is 7.19. The van der Waals surface area contributed by atoms with Gasteiger partial charge in [-0.3, -0.25) is 4.31 Å². The molecule has 0 aromatic heterocycles. The minimum Gasteiger partial charge on any atom is -0.334 e. The van der Waals surface area contributed by atoms with E-state index in [1.165, 1.54) is 11.3 Å². The number of rotatable bonds is 2. The molecule has 1 atom stereocenters. The summed E-state index contributed by atoms with van der Waals surface area (Å²) in [5.41, 5.74) is 5.19. The van der Waals surface area contributed by atoms with Gasteiger partial charge in [0.05, 0.1) is 28.9 Å². The fourth-order valence-corrected chi connectivity index (χ4v) is 5.68. The van der Waals surface area contributed by atoms with Crippen LogP contribution in [-0.4, -0.2) is 21.0 Å². The third kappa shape index (κ3) is 2.46. The first-order chi connectivity index (χ1) is 13.1. The maximum Gasteiger partial charge on any atom is 0.264 e. The second kappa shape index (κ2) is 5.86. The molecule has 0 amide bonds. The van der Waals surface area contributed by atoms with Crippen LogP contribution in [0.2, 0.25) is 0 Å². The highest BCUT2D eigenvalue weighted by molar-refractivity contribution is 7.92. The van der Waals surface area contributed by atoms with Gasteiger partial charge in [-0.05, 0) is 49.2 Å². The average molecular weight is 376 g/mol. The molecular formula is C22H20N2O2S. The highest BCUT2D eigenvalue weighted by atomic mass is 32.2. The van der Waals surface area contributed by atoms with Gasteiger partial charge in [-0.25, -0.2) is 8.42 Å². The first-order valence-corrected chi connectivity index (χ1v) is 10.6. The molecule has 27 heavy (non-hydrogen) atoms. The van der Waals surface area contributed by atoms with Gasteiger partial charge in [0, 0.05) is 5.69 Å². The smallest absolute Gasteiger partial charge is 0.264 e. The van der Waals surface area contributed by atoms with Gasteiger partial charge >= 0.3 is 0 Å². The lowest BCUT2D eigenvalue weighted by Gasteiger charge is -2.40. The van der Waals surface area contributed by atoms with E-state index in [-0.39, 0.29) is 6.04 Å². The largest absolute Gasteiger partial charge is 0.334 e. The zero-order valence-corrected chi connectivity index (χ0v) is 15.9. The minimum absolute atomic E-state index is 0.109. The molecule has 2 heterocycles. The van der Waals surface area contributed by atoms with Crippen molar-refractivity contribution >= 4 is 27.1 Å². The molecule has 2 aliphatic rings. The number of anilines is 3. The average Bonchev–Trinajstić information content (AvgIpc) is 3.06. The monoisotopic (exact) mass is 376 g/mol. The molecule has 3 aromatic carbocycles. The van der Waals surface area contributed by atoms with Gasteiger partial charge in [0.2, 0.25) is 0 Å². The van der Waals surface area contributed by atoms with Gasteiger partial charge in [0.1, 0.15) is 0 Å². The van der Waals surface area contributed by atoms with Crippen molar-refractivity contribution in [3.8, 4) is 0 Å². The predicted molar refractivity (Wildman–Crippen MR) is 108 cm³/mol. The standard InChI is InChI=1S/C22H20N2O2S/c1-16-10-12-19(13-11-16)27(25,26)23-15-18-14-17-6-2-3-7-20(17)24(18)22-9-5-4-8-21(22)23/h2-13,18H,14-15H2,1H3. The summed E-state index contributed by atoms with van der Waals surface area (Å²) in [7, 11) is -3.61. The Morgan fingerprint density at radius 2 is 1.44 bits per heavy atom. The second-order valence-corrected chi connectivity index (χ2v) is 9.06. The van der Waals surface area contributed by atoms with Crippen LogP contribution in [0, 0.1) is 6.92 Å². The van der Waals surface area contributed by atoms with Crippen LogP contribution < -0.4 is 9.21 Å². The van der Waals surface area contributed by atoms with E-state index in [0.29, 0.717) is 11.4 Å². The Bertz CT molecular complexity index is 1120. The summed E-state index contributed by atoms with van der Waals surface area (Å²) in [4.78, 5) is 2.64. The van der Waals surface area contributed by atoms with Crippen molar-refractivity contribution < 1.29 is 8.42 Å². The molecular weight excluding hydrogens is 356 g/mol. The normalized spacial score (nSPS) is 18.0. The lowest BCUT2D eigenvalue weighted by molar-refractivity contribution is 0.580. The van der Waals surface area contributed by atoms with Gasteiger partial charge in [0.25, 0.3) is 10.0 Å². The quantitative estimate of drug-likeness (QED) is 0.671. The molecule has 5 rings (SSSR count). The Morgan fingerprint density at radius 1 is 0.815 bits per heavy atom. The van der Waals surface area contributed by atoms with Gasteiger partial charge in [-0.15, -0.1) is 0 Å². The molecule has 0 N–H and O–H groups in total. The zero-order valence-electron chi connectivity index (χ0n) is 15.0. The van der Waals surface area contributed by atoms with E-state index >= 15 is 0 Å². The lowest BCUT2D eigenvalue weighted by Crippen LogP contribution is -2.47. The molecule has 2 aliphatic heterocycles. The van der Waals surface area contributed by atoms with E-state index in [9.17, 15) is 8.42 Å².